The van der Waals surface area contributed by atoms with Crippen molar-refractivity contribution >= 4 is 15.9 Å². The summed E-state index contributed by atoms with van der Waals surface area (Å²) < 4.78 is 13.4. The Hall–Kier alpha value is -0.490. The van der Waals surface area contributed by atoms with Gasteiger partial charge in [0.1, 0.15) is 5.82 Å². The molecule has 4 N–H and O–H groups in total. The maximum Gasteiger partial charge on any atom is 0.123 e. The van der Waals surface area contributed by atoms with E-state index in [2.05, 4.69) is 15.9 Å². The van der Waals surface area contributed by atoms with Crippen molar-refractivity contribution in [3.8, 4) is 0 Å². The summed E-state index contributed by atoms with van der Waals surface area (Å²) >= 11 is 3.16. The molecule has 0 spiro atoms. The smallest absolute Gasteiger partial charge is 0.123 e. The van der Waals surface area contributed by atoms with Crippen LogP contribution in [0.4, 0.5) is 4.39 Å². The summed E-state index contributed by atoms with van der Waals surface area (Å²) in [6.07, 6.45) is -1.08. The van der Waals surface area contributed by atoms with Crippen LogP contribution in [0.5, 0.6) is 0 Å². The number of benzene rings is 1. The van der Waals surface area contributed by atoms with E-state index in [0.29, 0.717) is 10.0 Å². The second-order valence-electron chi connectivity index (χ2n) is 2.96. The number of rotatable bonds is 3. The highest BCUT2D eigenvalue weighted by atomic mass is 79.9. The minimum absolute atomic E-state index is 0.339. The zero-order valence-corrected chi connectivity index (χ0v) is 8.91. The second kappa shape index (κ2) is 4.84. The molecule has 14 heavy (non-hydrogen) atoms. The molecular formula is C9H11BrFNO2. The minimum Gasteiger partial charge on any atom is -0.395 e. The van der Waals surface area contributed by atoms with Gasteiger partial charge in [0, 0.05) is 4.47 Å². The predicted molar refractivity (Wildman–Crippen MR) is 54.1 cm³/mol. The number of halogens is 2. The van der Waals surface area contributed by atoms with Gasteiger partial charge >= 0.3 is 0 Å². The van der Waals surface area contributed by atoms with Crippen molar-refractivity contribution in [1.29, 1.82) is 0 Å². The Kier molecular flexibility index (Phi) is 4.00. The molecule has 0 saturated heterocycles. The van der Waals surface area contributed by atoms with Crippen molar-refractivity contribution < 1.29 is 14.6 Å². The molecule has 0 bridgehead atoms. The molecule has 0 amide bonds. The normalized spacial score (nSPS) is 15.2. The molecule has 2 unspecified atom stereocenters. The predicted octanol–water partition coefficient (Wildman–Crippen LogP) is 0.941. The van der Waals surface area contributed by atoms with Gasteiger partial charge < -0.3 is 15.9 Å². The molecule has 78 valence electrons. The van der Waals surface area contributed by atoms with Gasteiger partial charge in [0.25, 0.3) is 0 Å². The van der Waals surface area contributed by atoms with Crippen LogP contribution >= 0.6 is 15.9 Å². The molecule has 0 saturated carbocycles. The molecule has 0 aliphatic heterocycles. The lowest BCUT2D eigenvalue weighted by atomic mass is 10.0. The van der Waals surface area contributed by atoms with Crippen molar-refractivity contribution in [3.05, 3.63) is 34.1 Å². The summed E-state index contributed by atoms with van der Waals surface area (Å²) in [6, 6.07) is 3.13. The first-order valence-electron chi connectivity index (χ1n) is 4.05. The molecule has 0 fully saturated rings. The van der Waals surface area contributed by atoms with E-state index in [1.54, 1.807) is 0 Å². The SMILES string of the molecule is NC(CO)C(O)c1cc(F)ccc1Br. The van der Waals surface area contributed by atoms with E-state index in [1.165, 1.54) is 18.2 Å². The fourth-order valence-electron chi connectivity index (χ4n) is 1.07. The third-order valence-electron chi connectivity index (χ3n) is 1.89. The highest BCUT2D eigenvalue weighted by molar-refractivity contribution is 9.10. The van der Waals surface area contributed by atoms with Gasteiger partial charge in [-0.25, -0.2) is 4.39 Å². The molecule has 0 radical (unpaired) electrons. The van der Waals surface area contributed by atoms with E-state index in [4.69, 9.17) is 10.8 Å². The van der Waals surface area contributed by atoms with Crippen LogP contribution in [0.25, 0.3) is 0 Å². The van der Waals surface area contributed by atoms with E-state index in [1.807, 2.05) is 0 Å². The van der Waals surface area contributed by atoms with E-state index in [9.17, 15) is 9.50 Å². The lowest BCUT2D eigenvalue weighted by molar-refractivity contribution is 0.108. The number of aliphatic hydroxyl groups excluding tert-OH is 2. The van der Waals surface area contributed by atoms with Gasteiger partial charge in [-0.05, 0) is 23.8 Å². The first kappa shape index (κ1) is 11.6. The van der Waals surface area contributed by atoms with Gasteiger partial charge in [0.15, 0.2) is 0 Å². The minimum atomic E-state index is -1.08. The zero-order chi connectivity index (χ0) is 10.7. The monoisotopic (exact) mass is 263 g/mol. The second-order valence-corrected chi connectivity index (χ2v) is 3.81. The van der Waals surface area contributed by atoms with Gasteiger partial charge in [0.05, 0.1) is 18.8 Å². The molecule has 1 aromatic rings. The maximum atomic E-state index is 12.8. The number of hydrogen-bond acceptors (Lipinski definition) is 3. The Morgan fingerprint density at radius 1 is 1.50 bits per heavy atom. The quantitative estimate of drug-likeness (QED) is 0.761. The highest BCUT2D eigenvalue weighted by Gasteiger charge is 2.18. The first-order chi connectivity index (χ1) is 6.56. The van der Waals surface area contributed by atoms with Crippen LogP contribution < -0.4 is 5.73 Å². The topological polar surface area (TPSA) is 66.5 Å². The van der Waals surface area contributed by atoms with Crippen molar-refractivity contribution in [3.63, 3.8) is 0 Å². The Labute approximate surface area is 89.5 Å². The van der Waals surface area contributed by atoms with Crippen LogP contribution in [0.1, 0.15) is 11.7 Å². The van der Waals surface area contributed by atoms with Gasteiger partial charge in [0.2, 0.25) is 0 Å². The van der Waals surface area contributed by atoms with Crippen LogP contribution in [0.2, 0.25) is 0 Å². The average molecular weight is 264 g/mol. The van der Waals surface area contributed by atoms with E-state index < -0.39 is 18.0 Å². The van der Waals surface area contributed by atoms with Gasteiger partial charge in [-0.2, -0.15) is 0 Å². The number of aliphatic hydroxyl groups is 2. The van der Waals surface area contributed by atoms with Crippen LogP contribution in [0.15, 0.2) is 22.7 Å². The summed E-state index contributed by atoms with van der Waals surface area (Å²) in [4.78, 5) is 0. The molecule has 2 atom stereocenters. The maximum absolute atomic E-state index is 12.8. The molecule has 0 aliphatic carbocycles. The Morgan fingerprint density at radius 3 is 2.71 bits per heavy atom. The Balaban J connectivity index is 2.99. The molecule has 0 aliphatic rings. The fourth-order valence-corrected chi connectivity index (χ4v) is 1.55. The summed E-state index contributed by atoms with van der Waals surface area (Å²) in [5, 5.41) is 18.3. The molecule has 5 heteroatoms. The van der Waals surface area contributed by atoms with Crippen LogP contribution in [-0.4, -0.2) is 22.9 Å². The number of nitrogens with two attached hydrogens (primary N) is 1. The Bertz CT molecular complexity index is 322. The van der Waals surface area contributed by atoms with Gasteiger partial charge in [-0.15, -0.1) is 0 Å². The lowest BCUT2D eigenvalue weighted by Crippen LogP contribution is -2.32. The van der Waals surface area contributed by atoms with E-state index >= 15 is 0 Å². The van der Waals surface area contributed by atoms with Crippen LogP contribution in [-0.2, 0) is 0 Å². The van der Waals surface area contributed by atoms with Crippen molar-refractivity contribution in [2.24, 2.45) is 5.73 Å². The summed E-state index contributed by atoms with van der Waals surface area (Å²) in [5.41, 5.74) is 5.76. The Morgan fingerprint density at radius 2 is 2.14 bits per heavy atom. The van der Waals surface area contributed by atoms with E-state index in [0.717, 1.165) is 0 Å². The summed E-state index contributed by atoms with van der Waals surface area (Å²) in [7, 11) is 0. The van der Waals surface area contributed by atoms with Gasteiger partial charge in [-0.1, -0.05) is 15.9 Å². The average Bonchev–Trinajstić information content (AvgIpc) is 2.19. The molecular weight excluding hydrogens is 253 g/mol. The lowest BCUT2D eigenvalue weighted by Gasteiger charge is -2.18. The molecule has 1 rings (SSSR count). The van der Waals surface area contributed by atoms with Gasteiger partial charge in [-0.3, -0.25) is 0 Å². The third-order valence-corrected chi connectivity index (χ3v) is 2.62. The molecule has 0 aromatic heterocycles. The van der Waals surface area contributed by atoms with Crippen molar-refractivity contribution in [2.45, 2.75) is 12.1 Å². The van der Waals surface area contributed by atoms with Crippen LogP contribution in [0, 0.1) is 5.82 Å². The van der Waals surface area contributed by atoms with Crippen molar-refractivity contribution in [2.75, 3.05) is 6.61 Å². The standard InChI is InChI=1S/C9H11BrFNO2/c10-7-2-1-5(11)3-6(7)9(14)8(12)4-13/h1-3,8-9,13-14H,4,12H2. The van der Waals surface area contributed by atoms with Crippen molar-refractivity contribution in [1.82, 2.24) is 0 Å². The first-order valence-corrected chi connectivity index (χ1v) is 4.85. The largest absolute Gasteiger partial charge is 0.395 e. The zero-order valence-electron chi connectivity index (χ0n) is 7.32. The molecule has 1 aromatic carbocycles. The summed E-state index contributed by atoms with van der Waals surface area (Å²) in [6.45, 7) is -0.357. The number of hydrogen-bond donors (Lipinski definition) is 3. The molecule has 3 nitrogen and oxygen atoms in total. The highest BCUT2D eigenvalue weighted by Crippen LogP contribution is 2.25. The molecule has 0 heterocycles. The third kappa shape index (κ3) is 2.51. The van der Waals surface area contributed by atoms with E-state index in [-0.39, 0.29) is 6.61 Å². The fraction of sp³-hybridized carbons (Fsp3) is 0.333. The van der Waals surface area contributed by atoms with Crippen LogP contribution in [0.3, 0.4) is 0 Å². The summed E-state index contributed by atoms with van der Waals surface area (Å²) in [5.74, 6) is -0.451.